The van der Waals surface area contributed by atoms with Gasteiger partial charge in [-0.1, -0.05) is 42.7 Å². The number of hydrogen-bond acceptors (Lipinski definition) is 0. The van der Waals surface area contributed by atoms with E-state index in [9.17, 15) is 4.39 Å². The van der Waals surface area contributed by atoms with Crippen LogP contribution in [0.4, 0.5) is 4.39 Å². The van der Waals surface area contributed by atoms with E-state index in [-0.39, 0.29) is 10.8 Å². The lowest BCUT2D eigenvalue weighted by molar-refractivity contribution is 0.246. The fourth-order valence-corrected chi connectivity index (χ4v) is 5.08. The van der Waals surface area contributed by atoms with Gasteiger partial charge in [-0.3, -0.25) is 0 Å². The Morgan fingerprint density at radius 1 is 0.960 bits per heavy atom. The van der Waals surface area contributed by atoms with E-state index in [4.69, 9.17) is 11.6 Å². The van der Waals surface area contributed by atoms with Gasteiger partial charge in [0.15, 0.2) is 0 Å². The molecule has 0 N–H and O–H groups in total. The highest BCUT2D eigenvalue weighted by molar-refractivity contribution is 6.30. The minimum Gasteiger partial charge on any atom is -0.205 e. The molecule has 138 valence electrons. The molecule has 25 heavy (non-hydrogen) atoms. The van der Waals surface area contributed by atoms with Gasteiger partial charge in [0.1, 0.15) is 5.82 Å². The van der Waals surface area contributed by atoms with Crippen LogP contribution >= 0.6 is 11.6 Å². The van der Waals surface area contributed by atoms with Gasteiger partial charge in [-0.15, -0.1) is 0 Å². The Morgan fingerprint density at radius 3 is 2.12 bits per heavy atom. The van der Waals surface area contributed by atoms with Crippen molar-refractivity contribution < 1.29 is 4.39 Å². The van der Waals surface area contributed by atoms with Crippen LogP contribution in [-0.2, 0) is 0 Å². The number of hydrogen-bond donors (Lipinski definition) is 0. The molecule has 0 nitrogen and oxygen atoms in total. The van der Waals surface area contributed by atoms with E-state index in [1.807, 2.05) is 6.07 Å². The van der Waals surface area contributed by atoms with Crippen molar-refractivity contribution in [3.8, 4) is 0 Å². The minimum absolute atomic E-state index is 0.238. The zero-order chi connectivity index (χ0) is 17.6. The van der Waals surface area contributed by atoms with Gasteiger partial charge in [-0.05, 0) is 99.7 Å². The molecule has 3 rings (SSSR count). The molecule has 0 aliphatic heterocycles. The number of benzene rings is 1. The summed E-state index contributed by atoms with van der Waals surface area (Å²) in [4.78, 5) is 0. The molecule has 1 aromatic rings. The van der Waals surface area contributed by atoms with E-state index in [0.717, 1.165) is 23.3 Å². The molecule has 2 fully saturated rings. The summed E-state index contributed by atoms with van der Waals surface area (Å²) in [5.74, 6) is 2.96. The molecule has 2 aliphatic carbocycles. The normalized spacial score (nSPS) is 30.7. The van der Waals surface area contributed by atoms with Gasteiger partial charge in [-0.25, -0.2) is 4.39 Å². The van der Waals surface area contributed by atoms with Gasteiger partial charge in [-0.2, -0.15) is 0 Å². The smallest absolute Gasteiger partial charge is 0.142 e. The molecule has 2 saturated carbocycles. The van der Waals surface area contributed by atoms with Gasteiger partial charge in [0.25, 0.3) is 0 Å². The van der Waals surface area contributed by atoms with Crippen LogP contribution in [0.3, 0.4) is 0 Å². The van der Waals surface area contributed by atoms with Crippen LogP contribution in [0.5, 0.6) is 0 Å². The summed E-state index contributed by atoms with van der Waals surface area (Å²) in [5, 5.41) is 0.238. The molecular weight excluding hydrogens is 331 g/mol. The molecule has 0 bridgehead atoms. The van der Waals surface area contributed by atoms with Crippen molar-refractivity contribution in [2.75, 3.05) is 0 Å². The third-order valence-corrected chi connectivity index (χ3v) is 6.91. The molecule has 2 heteroatoms. The number of allylic oxidation sites excluding steroid dienone is 2. The van der Waals surface area contributed by atoms with Gasteiger partial charge >= 0.3 is 0 Å². The molecular formula is C23H32ClF. The summed E-state index contributed by atoms with van der Waals surface area (Å²) < 4.78 is 13.7. The van der Waals surface area contributed by atoms with Crippen LogP contribution in [0, 0.1) is 23.6 Å². The van der Waals surface area contributed by atoms with Crippen molar-refractivity contribution in [1.82, 2.24) is 0 Å². The van der Waals surface area contributed by atoms with Gasteiger partial charge < -0.3 is 0 Å². The largest absolute Gasteiger partial charge is 0.205 e. The van der Waals surface area contributed by atoms with E-state index in [0.29, 0.717) is 5.92 Å². The van der Waals surface area contributed by atoms with E-state index >= 15 is 0 Å². The van der Waals surface area contributed by atoms with Gasteiger partial charge in [0.05, 0.1) is 5.02 Å². The molecule has 0 unspecified atom stereocenters. The lowest BCUT2D eigenvalue weighted by atomic mass is 9.74. The monoisotopic (exact) mass is 362 g/mol. The third-order valence-electron chi connectivity index (χ3n) is 6.60. The first-order chi connectivity index (χ1) is 12.2. The van der Waals surface area contributed by atoms with E-state index in [1.54, 1.807) is 12.1 Å². The molecule has 0 heterocycles. The summed E-state index contributed by atoms with van der Waals surface area (Å²) in [6, 6.07) is 5.37. The molecule has 0 amide bonds. The summed E-state index contributed by atoms with van der Waals surface area (Å²) in [7, 11) is 0. The highest BCUT2D eigenvalue weighted by atomic mass is 35.5. The molecule has 0 radical (unpaired) electrons. The standard InChI is InChI=1S/C23H32ClF/c1-2-3-17-4-6-18(7-5-17)8-9-19-10-12-20(13-11-19)21-14-15-22(24)23(25)16-21/h2-3,14-20H,4-13H2,1H3/b3-2+/t17-,18-,19-,20-. The van der Waals surface area contributed by atoms with Crippen LogP contribution in [0.2, 0.25) is 5.02 Å². The summed E-state index contributed by atoms with van der Waals surface area (Å²) in [6.45, 7) is 2.14. The van der Waals surface area contributed by atoms with Crippen molar-refractivity contribution in [2.24, 2.45) is 17.8 Å². The Kier molecular flexibility index (Phi) is 6.99. The van der Waals surface area contributed by atoms with Crippen LogP contribution in [-0.4, -0.2) is 0 Å². The van der Waals surface area contributed by atoms with Crippen LogP contribution in [0.25, 0.3) is 0 Å². The molecule has 0 aromatic heterocycles. The second-order valence-electron chi connectivity index (χ2n) is 8.28. The fraction of sp³-hybridized carbons (Fsp3) is 0.652. The molecule has 0 atom stereocenters. The molecule has 1 aromatic carbocycles. The van der Waals surface area contributed by atoms with E-state index < -0.39 is 0 Å². The average molecular weight is 363 g/mol. The summed E-state index contributed by atoms with van der Waals surface area (Å²) >= 11 is 5.81. The lowest BCUT2D eigenvalue weighted by Crippen LogP contribution is -2.17. The van der Waals surface area contributed by atoms with Crippen LogP contribution in [0.1, 0.15) is 82.6 Å². The minimum atomic E-state index is -0.269. The zero-order valence-corrected chi connectivity index (χ0v) is 16.3. The fourth-order valence-electron chi connectivity index (χ4n) is 4.96. The Morgan fingerprint density at radius 2 is 1.56 bits per heavy atom. The number of rotatable bonds is 5. The topological polar surface area (TPSA) is 0 Å². The van der Waals surface area contributed by atoms with E-state index in [2.05, 4.69) is 19.1 Å². The van der Waals surface area contributed by atoms with Crippen molar-refractivity contribution in [1.29, 1.82) is 0 Å². The van der Waals surface area contributed by atoms with E-state index in [1.165, 1.54) is 64.2 Å². The summed E-state index contributed by atoms with van der Waals surface area (Å²) in [6.07, 6.45) is 18.1. The van der Waals surface area contributed by atoms with Crippen LogP contribution < -0.4 is 0 Å². The first kappa shape index (κ1) is 19.0. The first-order valence-electron chi connectivity index (χ1n) is 10.2. The van der Waals surface area contributed by atoms with Crippen molar-refractivity contribution in [3.63, 3.8) is 0 Å². The highest BCUT2D eigenvalue weighted by Gasteiger charge is 2.25. The Hall–Kier alpha value is -0.820. The van der Waals surface area contributed by atoms with Crippen molar-refractivity contribution in [2.45, 2.75) is 77.0 Å². The summed E-state index contributed by atoms with van der Waals surface area (Å²) in [5.41, 5.74) is 1.14. The number of halogens is 2. The second-order valence-corrected chi connectivity index (χ2v) is 8.68. The Labute approximate surface area is 157 Å². The molecule has 0 spiro atoms. The predicted molar refractivity (Wildman–Crippen MR) is 106 cm³/mol. The quantitative estimate of drug-likeness (QED) is 0.466. The Balaban J connectivity index is 1.39. The predicted octanol–water partition coefficient (Wildman–Crippen LogP) is 7.92. The highest BCUT2D eigenvalue weighted by Crippen LogP contribution is 2.40. The van der Waals surface area contributed by atoms with Crippen molar-refractivity contribution in [3.05, 3.63) is 46.8 Å². The second kappa shape index (κ2) is 9.21. The van der Waals surface area contributed by atoms with Crippen molar-refractivity contribution >= 4 is 11.6 Å². The van der Waals surface area contributed by atoms with Gasteiger partial charge in [0, 0.05) is 0 Å². The average Bonchev–Trinajstić information content (AvgIpc) is 2.64. The van der Waals surface area contributed by atoms with Crippen LogP contribution in [0.15, 0.2) is 30.4 Å². The molecule has 0 saturated heterocycles. The zero-order valence-electron chi connectivity index (χ0n) is 15.5. The van der Waals surface area contributed by atoms with Gasteiger partial charge in [0.2, 0.25) is 0 Å². The maximum atomic E-state index is 13.7. The first-order valence-corrected chi connectivity index (χ1v) is 10.6. The Bertz CT molecular complexity index is 563. The molecule has 2 aliphatic rings. The maximum Gasteiger partial charge on any atom is 0.142 e. The maximum absolute atomic E-state index is 13.7. The third kappa shape index (κ3) is 5.33. The lowest BCUT2D eigenvalue weighted by Gasteiger charge is -2.31. The SMILES string of the molecule is C/C=C/[C@H]1CC[C@H](CC[C@H]2CC[C@H](c3ccc(Cl)c(F)c3)CC2)CC1.